The molecule has 0 bridgehead atoms. The number of anilines is 2. The second-order valence-electron chi connectivity index (χ2n) is 8.64. The second kappa shape index (κ2) is 6.45. The van der Waals surface area contributed by atoms with Gasteiger partial charge in [-0.05, 0) is 53.8 Å². The molecular formula is C28H26N3+. The van der Waals surface area contributed by atoms with E-state index in [-0.39, 0.29) is 5.41 Å². The number of hydrogen-bond donors (Lipinski definition) is 1. The Labute approximate surface area is 183 Å². The van der Waals surface area contributed by atoms with Gasteiger partial charge >= 0.3 is 5.82 Å². The topological polar surface area (TPSA) is 33.1 Å². The van der Waals surface area contributed by atoms with Crippen LogP contribution in [0.1, 0.15) is 42.5 Å². The number of fused-ring (bicyclic) bond motifs is 9. The maximum absolute atomic E-state index is 6.65. The third kappa shape index (κ3) is 2.16. The lowest BCUT2D eigenvalue weighted by atomic mass is 9.65. The molecule has 0 radical (unpaired) electrons. The van der Waals surface area contributed by atoms with Gasteiger partial charge in [-0.1, -0.05) is 73.7 Å². The van der Waals surface area contributed by atoms with E-state index in [4.69, 9.17) is 5.84 Å². The molecule has 1 unspecified atom stereocenters. The lowest BCUT2D eigenvalue weighted by Crippen LogP contribution is -2.54. The number of pyridine rings is 1. The summed E-state index contributed by atoms with van der Waals surface area (Å²) in [5.74, 6) is 7.72. The normalized spacial score (nSPS) is 15.7. The predicted molar refractivity (Wildman–Crippen MR) is 126 cm³/mol. The van der Waals surface area contributed by atoms with Gasteiger partial charge < -0.3 is 0 Å². The van der Waals surface area contributed by atoms with Crippen molar-refractivity contribution in [2.75, 3.05) is 10.7 Å². The molecule has 152 valence electrons. The van der Waals surface area contributed by atoms with Crippen LogP contribution in [0.25, 0.3) is 11.1 Å². The van der Waals surface area contributed by atoms with Gasteiger partial charge in [-0.15, -0.1) is 4.68 Å². The van der Waals surface area contributed by atoms with E-state index in [1.807, 2.05) is 10.9 Å². The number of nitrogen functional groups attached to an aromatic ring is 1. The molecule has 3 heteroatoms. The van der Waals surface area contributed by atoms with Crippen molar-refractivity contribution in [3.8, 4) is 11.1 Å². The van der Waals surface area contributed by atoms with Gasteiger partial charge in [0.1, 0.15) is 11.9 Å². The summed E-state index contributed by atoms with van der Waals surface area (Å²) in [4.78, 5) is 2.43. The quantitative estimate of drug-likeness (QED) is 0.320. The first-order valence-electron chi connectivity index (χ1n) is 11.1. The Bertz CT molecular complexity index is 1280. The van der Waals surface area contributed by atoms with Crippen LogP contribution in [-0.4, -0.2) is 6.04 Å². The molecule has 0 amide bonds. The first-order chi connectivity index (χ1) is 15.2. The Morgan fingerprint density at radius 1 is 0.774 bits per heavy atom. The van der Waals surface area contributed by atoms with E-state index in [0.29, 0.717) is 6.04 Å². The lowest BCUT2D eigenvalue weighted by Gasteiger charge is -2.41. The predicted octanol–water partition coefficient (Wildman–Crippen LogP) is 5.30. The van der Waals surface area contributed by atoms with Gasteiger partial charge in [0, 0.05) is 5.56 Å². The third-order valence-corrected chi connectivity index (χ3v) is 7.18. The SMILES string of the molecule is CCC(C)N1c2ccccc2C2(c3ccccc3-c3ccccc32)c2ccc[n+](N)c21. The Kier molecular flexibility index (Phi) is 3.79. The van der Waals surface area contributed by atoms with E-state index >= 15 is 0 Å². The van der Waals surface area contributed by atoms with Gasteiger partial charge in [-0.25, -0.2) is 4.90 Å². The molecule has 1 atom stereocenters. The molecule has 1 spiro atoms. The molecule has 2 N–H and O–H groups in total. The number of aromatic nitrogens is 1. The molecule has 31 heavy (non-hydrogen) atoms. The summed E-state index contributed by atoms with van der Waals surface area (Å²) < 4.78 is 1.81. The number of para-hydroxylation sites is 1. The number of nitrogens with two attached hydrogens (primary N) is 1. The van der Waals surface area contributed by atoms with Gasteiger partial charge in [0.15, 0.2) is 0 Å². The van der Waals surface area contributed by atoms with Crippen LogP contribution in [0.4, 0.5) is 11.5 Å². The summed E-state index contributed by atoms with van der Waals surface area (Å²) in [7, 11) is 0. The van der Waals surface area contributed by atoms with E-state index in [2.05, 4.69) is 104 Å². The van der Waals surface area contributed by atoms with Crippen molar-refractivity contribution in [2.45, 2.75) is 31.7 Å². The molecule has 3 aromatic carbocycles. The Hall–Kier alpha value is -3.59. The van der Waals surface area contributed by atoms with Crippen LogP contribution in [0.2, 0.25) is 0 Å². The minimum Gasteiger partial charge on any atom is -0.269 e. The number of hydrogen-bond acceptors (Lipinski definition) is 2. The first kappa shape index (κ1) is 18.2. The number of nitrogens with zero attached hydrogens (tertiary/aromatic N) is 2. The fourth-order valence-electron chi connectivity index (χ4n) is 5.77. The van der Waals surface area contributed by atoms with Crippen LogP contribution in [0.3, 0.4) is 0 Å². The van der Waals surface area contributed by atoms with E-state index < -0.39 is 0 Å². The standard InChI is InChI=1S/C28H26N3/c1-3-19(2)31-26-17-9-8-15-24(26)28(25-16-10-18-30(29)27(25)31)22-13-6-4-11-20(22)21-12-5-7-14-23(21)28/h4-19H,3,29H2,1-2H3/q+1. The Morgan fingerprint density at radius 2 is 1.32 bits per heavy atom. The minimum atomic E-state index is -0.383. The highest BCUT2D eigenvalue weighted by Crippen LogP contribution is 2.61. The molecule has 2 heterocycles. The number of rotatable bonds is 2. The van der Waals surface area contributed by atoms with Crippen LogP contribution in [0.15, 0.2) is 91.1 Å². The fraction of sp³-hybridized carbons (Fsp3) is 0.179. The van der Waals surface area contributed by atoms with Crippen LogP contribution < -0.4 is 15.4 Å². The maximum Gasteiger partial charge on any atom is 0.309 e. The second-order valence-corrected chi connectivity index (χ2v) is 8.64. The van der Waals surface area contributed by atoms with Crippen molar-refractivity contribution in [1.82, 2.24) is 0 Å². The van der Waals surface area contributed by atoms with Gasteiger partial charge in [-0.2, -0.15) is 0 Å². The summed E-state index contributed by atoms with van der Waals surface area (Å²) in [6.45, 7) is 4.52. The highest BCUT2D eigenvalue weighted by atomic mass is 15.4. The van der Waals surface area contributed by atoms with Crippen molar-refractivity contribution in [1.29, 1.82) is 0 Å². The summed E-state index contributed by atoms with van der Waals surface area (Å²) >= 11 is 0. The minimum absolute atomic E-state index is 0.321. The van der Waals surface area contributed by atoms with E-state index in [9.17, 15) is 0 Å². The molecule has 4 aromatic rings. The summed E-state index contributed by atoms with van der Waals surface area (Å²) in [6.07, 6.45) is 2.99. The summed E-state index contributed by atoms with van der Waals surface area (Å²) in [5, 5.41) is 0. The summed E-state index contributed by atoms with van der Waals surface area (Å²) in [5.41, 5.74) is 8.71. The summed E-state index contributed by atoms with van der Waals surface area (Å²) in [6, 6.07) is 31.2. The van der Waals surface area contributed by atoms with Crippen molar-refractivity contribution >= 4 is 11.5 Å². The molecule has 0 fully saturated rings. The molecule has 3 nitrogen and oxygen atoms in total. The van der Waals surface area contributed by atoms with Gasteiger partial charge in [-0.3, -0.25) is 5.84 Å². The zero-order valence-corrected chi connectivity index (χ0v) is 17.9. The zero-order chi connectivity index (χ0) is 21.2. The smallest absolute Gasteiger partial charge is 0.269 e. The van der Waals surface area contributed by atoms with E-state index in [0.717, 1.165) is 12.2 Å². The lowest BCUT2D eigenvalue weighted by molar-refractivity contribution is -0.626. The first-order valence-corrected chi connectivity index (χ1v) is 11.1. The average Bonchev–Trinajstić information content (AvgIpc) is 3.11. The van der Waals surface area contributed by atoms with Gasteiger partial charge in [0.25, 0.3) is 0 Å². The highest BCUT2D eigenvalue weighted by Gasteiger charge is 2.55. The van der Waals surface area contributed by atoms with Crippen molar-refractivity contribution in [3.63, 3.8) is 0 Å². The Balaban J connectivity index is 1.84. The van der Waals surface area contributed by atoms with Crippen molar-refractivity contribution in [2.24, 2.45) is 0 Å². The molecule has 1 aromatic heterocycles. The van der Waals surface area contributed by atoms with Crippen LogP contribution in [0.5, 0.6) is 0 Å². The molecule has 2 aliphatic rings. The highest BCUT2D eigenvalue weighted by molar-refractivity contribution is 5.91. The van der Waals surface area contributed by atoms with Crippen LogP contribution in [0, 0.1) is 0 Å². The largest absolute Gasteiger partial charge is 0.309 e. The van der Waals surface area contributed by atoms with Crippen molar-refractivity contribution < 1.29 is 4.68 Å². The molecular weight excluding hydrogens is 378 g/mol. The molecule has 1 aliphatic heterocycles. The molecule has 1 aliphatic carbocycles. The Morgan fingerprint density at radius 3 is 1.97 bits per heavy atom. The number of benzene rings is 3. The fourth-order valence-corrected chi connectivity index (χ4v) is 5.77. The van der Waals surface area contributed by atoms with Crippen LogP contribution >= 0.6 is 0 Å². The van der Waals surface area contributed by atoms with Crippen LogP contribution in [-0.2, 0) is 5.41 Å². The van der Waals surface area contributed by atoms with E-state index in [1.165, 1.54) is 39.1 Å². The monoisotopic (exact) mass is 404 g/mol. The molecule has 0 saturated heterocycles. The third-order valence-electron chi connectivity index (χ3n) is 7.18. The van der Waals surface area contributed by atoms with Gasteiger partial charge in [0.05, 0.1) is 17.0 Å². The molecule has 0 saturated carbocycles. The average molecular weight is 405 g/mol. The zero-order valence-electron chi connectivity index (χ0n) is 17.9. The maximum atomic E-state index is 6.65. The molecule has 6 rings (SSSR count). The van der Waals surface area contributed by atoms with Crippen molar-refractivity contribution in [3.05, 3.63) is 113 Å². The van der Waals surface area contributed by atoms with Gasteiger partial charge in [0.2, 0.25) is 0 Å². The van der Waals surface area contributed by atoms with E-state index in [1.54, 1.807) is 0 Å².